The fraction of sp³-hybridized carbons (Fsp3) is 0.625. The molecule has 5 rings (SSSR count). The highest BCUT2D eigenvalue weighted by atomic mass is 35.5. The van der Waals surface area contributed by atoms with Gasteiger partial charge in [-0.15, -0.1) is 0 Å². The van der Waals surface area contributed by atoms with Crippen LogP contribution in [0, 0.1) is 5.41 Å². The summed E-state index contributed by atoms with van der Waals surface area (Å²) in [6.07, 6.45) is 9.35. The molecule has 3 fully saturated rings. The molecule has 3 N–H and O–H groups in total. The quantitative estimate of drug-likeness (QED) is 0.612. The number of hydrogen-bond donors (Lipinski definition) is 2. The minimum absolute atomic E-state index is 0.153. The van der Waals surface area contributed by atoms with Crippen molar-refractivity contribution in [3.8, 4) is 0 Å². The molecule has 1 unspecified atom stereocenters. The normalized spacial score (nSPS) is 24.4. The van der Waals surface area contributed by atoms with E-state index in [1.165, 1.54) is 11.8 Å². The maximum Gasteiger partial charge on any atom is 0.152 e. The van der Waals surface area contributed by atoms with E-state index in [0.29, 0.717) is 33.8 Å². The van der Waals surface area contributed by atoms with Gasteiger partial charge in [-0.1, -0.05) is 23.4 Å². The van der Waals surface area contributed by atoms with Crippen molar-refractivity contribution in [3.63, 3.8) is 0 Å². The Bertz CT molecular complexity index is 1020. The molecule has 0 aliphatic carbocycles. The topological polar surface area (TPSA) is 101 Å². The predicted octanol–water partition coefficient (Wildman–Crippen LogP) is 3.49. The van der Waals surface area contributed by atoms with E-state index in [9.17, 15) is 5.11 Å². The molecule has 34 heavy (non-hydrogen) atoms. The van der Waals surface area contributed by atoms with Gasteiger partial charge in [0.1, 0.15) is 16.5 Å². The lowest BCUT2D eigenvalue weighted by atomic mass is 9.77. The highest BCUT2D eigenvalue weighted by Gasteiger charge is 2.41. The van der Waals surface area contributed by atoms with E-state index in [-0.39, 0.29) is 12.6 Å². The third-order valence-corrected chi connectivity index (χ3v) is 8.89. The number of halogens is 1. The summed E-state index contributed by atoms with van der Waals surface area (Å²) in [5, 5.41) is 11.4. The average Bonchev–Trinajstić information content (AvgIpc) is 3.47. The van der Waals surface area contributed by atoms with Crippen LogP contribution in [0.15, 0.2) is 28.4 Å². The van der Waals surface area contributed by atoms with E-state index >= 15 is 0 Å². The van der Waals surface area contributed by atoms with Crippen LogP contribution < -0.4 is 15.5 Å². The summed E-state index contributed by atoms with van der Waals surface area (Å²) in [7, 11) is 0. The standard InChI is InChI=1S/C24H33ClN6O2S/c1-16-11-24(15-33-16)5-9-30(10-6-24)22-18(14-32)29-20(13-28-22)34-19-4-7-27-23(21(19)25)31-8-2-3-17(31)12-26/h4,7,13,16-17,32H,2-3,5-6,8-12,14-15,26H2,1H3/t16-,17?/m0/s1. The second-order valence-electron chi connectivity index (χ2n) is 9.72. The Morgan fingerprint density at radius 1 is 1.26 bits per heavy atom. The second-order valence-corrected chi connectivity index (χ2v) is 11.2. The highest BCUT2D eigenvalue weighted by Crippen LogP contribution is 2.43. The van der Waals surface area contributed by atoms with E-state index in [0.717, 1.165) is 74.9 Å². The van der Waals surface area contributed by atoms with Crippen LogP contribution in [-0.2, 0) is 11.3 Å². The predicted molar refractivity (Wildman–Crippen MR) is 135 cm³/mol. The van der Waals surface area contributed by atoms with E-state index in [1.807, 2.05) is 6.07 Å². The van der Waals surface area contributed by atoms with Gasteiger partial charge < -0.3 is 25.4 Å². The smallest absolute Gasteiger partial charge is 0.152 e. The van der Waals surface area contributed by atoms with Crippen molar-refractivity contribution in [1.29, 1.82) is 0 Å². The first-order chi connectivity index (χ1) is 16.5. The van der Waals surface area contributed by atoms with Gasteiger partial charge in [0.05, 0.1) is 30.5 Å². The Kier molecular flexibility index (Phi) is 7.18. The zero-order valence-electron chi connectivity index (χ0n) is 19.6. The van der Waals surface area contributed by atoms with Crippen molar-refractivity contribution >= 4 is 35.0 Å². The SMILES string of the molecule is C[C@H]1CC2(CCN(c3ncc(Sc4ccnc(N5CCCC5CN)c4Cl)nc3CO)CC2)CO1. The van der Waals surface area contributed by atoms with E-state index in [1.54, 1.807) is 12.4 Å². The molecule has 3 aliphatic heterocycles. The van der Waals surface area contributed by atoms with Gasteiger partial charge >= 0.3 is 0 Å². The van der Waals surface area contributed by atoms with Crippen LogP contribution in [0.3, 0.4) is 0 Å². The lowest BCUT2D eigenvalue weighted by Crippen LogP contribution is -2.41. The molecule has 2 aromatic heterocycles. The van der Waals surface area contributed by atoms with Gasteiger partial charge in [0, 0.05) is 43.3 Å². The Morgan fingerprint density at radius 2 is 2.09 bits per heavy atom. The van der Waals surface area contributed by atoms with Crippen molar-refractivity contribution in [2.45, 2.75) is 67.7 Å². The fourth-order valence-electron chi connectivity index (χ4n) is 5.58. The van der Waals surface area contributed by atoms with E-state index < -0.39 is 0 Å². The summed E-state index contributed by atoms with van der Waals surface area (Å²) >= 11 is 8.22. The molecule has 0 amide bonds. The molecule has 2 aromatic rings. The third-order valence-electron chi connectivity index (χ3n) is 7.44. The summed E-state index contributed by atoms with van der Waals surface area (Å²) in [4.78, 5) is 19.3. The summed E-state index contributed by atoms with van der Waals surface area (Å²) in [5.74, 6) is 1.55. The molecule has 0 radical (unpaired) electrons. The molecule has 3 saturated heterocycles. The number of ether oxygens (including phenoxy) is 1. The van der Waals surface area contributed by atoms with Crippen LogP contribution in [-0.4, -0.2) is 65.0 Å². The number of nitrogens with two attached hydrogens (primary N) is 1. The Balaban J connectivity index is 1.31. The number of nitrogens with zero attached hydrogens (tertiary/aromatic N) is 5. The molecular formula is C24H33ClN6O2S. The molecule has 0 aromatic carbocycles. The number of aliphatic hydroxyl groups is 1. The molecule has 8 nitrogen and oxygen atoms in total. The van der Waals surface area contributed by atoms with Crippen LogP contribution >= 0.6 is 23.4 Å². The van der Waals surface area contributed by atoms with Gasteiger partial charge in [-0.3, -0.25) is 0 Å². The van der Waals surface area contributed by atoms with E-state index in [4.69, 9.17) is 32.0 Å². The minimum Gasteiger partial charge on any atom is -0.390 e. The summed E-state index contributed by atoms with van der Waals surface area (Å²) in [6, 6.07) is 2.17. The number of anilines is 2. The molecule has 1 spiro atoms. The summed E-state index contributed by atoms with van der Waals surface area (Å²) in [6.45, 7) is 6.17. The zero-order chi connectivity index (χ0) is 23.7. The summed E-state index contributed by atoms with van der Waals surface area (Å²) in [5.41, 5.74) is 6.85. The average molecular weight is 505 g/mol. The van der Waals surface area contributed by atoms with Crippen molar-refractivity contribution in [2.75, 3.05) is 42.6 Å². The number of pyridine rings is 1. The monoisotopic (exact) mass is 504 g/mol. The number of aromatic nitrogens is 3. The Hall–Kier alpha value is -1.65. The molecule has 184 valence electrons. The number of piperidine rings is 1. The maximum atomic E-state index is 10.1. The van der Waals surface area contributed by atoms with Gasteiger partial charge in [-0.2, -0.15) is 0 Å². The van der Waals surface area contributed by atoms with Gasteiger partial charge in [0.25, 0.3) is 0 Å². The largest absolute Gasteiger partial charge is 0.390 e. The minimum atomic E-state index is -0.153. The number of aliphatic hydroxyl groups excluding tert-OH is 1. The molecule has 2 atom stereocenters. The third kappa shape index (κ3) is 4.73. The highest BCUT2D eigenvalue weighted by molar-refractivity contribution is 7.99. The van der Waals surface area contributed by atoms with Crippen LogP contribution in [0.5, 0.6) is 0 Å². The van der Waals surface area contributed by atoms with Crippen molar-refractivity contribution < 1.29 is 9.84 Å². The molecule has 10 heteroatoms. The van der Waals surface area contributed by atoms with E-state index in [2.05, 4.69) is 21.7 Å². The lowest BCUT2D eigenvalue weighted by Gasteiger charge is -2.39. The Morgan fingerprint density at radius 3 is 2.79 bits per heavy atom. The van der Waals surface area contributed by atoms with Crippen LogP contribution in [0.4, 0.5) is 11.6 Å². The molecular weight excluding hydrogens is 472 g/mol. The van der Waals surface area contributed by atoms with Crippen molar-refractivity contribution in [1.82, 2.24) is 15.0 Å². The van der Waals surface area contributed by atoms with Crippen molar-refractivity contribution in [2.24, 2.45) is 11.1 Å². The van der Waals surface area contributed by atoms with Crippen LogP contribution in [0.25, 0.3) is 0 Å². The van der Waals surface area contributed by atoms with Gasteiger partial charge in [0.2, 0.25) is 0 Å². The maximum absolute atomic E-state index is 10.1. The molecule has 0 bridgehead atoms. The summed E-state index contributed by atoms with van der Waals surface area (Å²) < 4.78 is 5.85. The number of rotatable bonds is 6. The van der Waals surface area contributed by atoms with Crippen molar-refractivity contribution in [3.05, 3.63) is 29.2 Å². The second kappa shape index (κ2) is 10.1. The van der Waals surface area contributed by atoms with Crippen LogP contribution in [0.1, 0.15) is 44.7 Å². The molecule has 5 heterocycles. The van der Waals surface area contributed by atoms with Crippen LogP contribution in [0.2, 0.25) is 5.02 Å². The molecule has 3 aliphatic rings. The lowest BCUT2D eigenvalue weighted by molar-refractivity contribution is 0.0975. The fourth-order valence-corrected chi connectivity index (χ4v) is 6.71. The zero-order valence-corrected chi connectivity index (χ0v) is 21.2. The first-order valence-corrected chi connectivity index (χ1v) is 13.3. The first-order valence-electron chi connectivity index (χ1n) is 12.1. The van der Waals surface area contributed by atoms with Gasteiger partial charge in [-0.05, 0) is 50.5 Å². The van der Waals surface area contributed by atoms with Gasteiger partial charge in [-0.25, -0.2) is 15.0 Å². The molecule has 0 saturated carbocycles. The Labute approximate surface area is 210 Å². The van der Waals surface area contributed by atoms with Gasteiger partial charge in [0.15, 0.2) is 5.82 Å². The first kappa shape index (κ1) is 24.1. The number of hydrogen-bond acceptors (Lipinski definition) is 9.